The Labute approximate surface area is 124 Å². The molecule has 0 radical (unpaired) electrons. The fraction of sp³-hybridized carbons (Fsp3) is 0.467. The van der Waals surface area contributed by atoms with Crippen molar-refractivity contribution < 1.29 is 19.8 Å². The number of rotatable bonds is 8. The topological polar surface area (TPSA) is 89.9 Å². The van der Waals surface area contributed by atoms with Crippen LogP contribution in [0.25, 0.3) is 0 Å². The third-order valence-corrected chi connectivity index (χ3v) is 3.30. The van der Waals surface area contributed by atoms with E-state index in [0.717, 1.165) is 16.8 Å². The van der Waals surface area contributed by atoms with Crippen LogP contribution in [0, 0.1) is 13.8 Å². The number of carboxylic acid groups (broad SMARTS) is 1. The molecule has 6 heteroatoms. The number of carboxylic acids is 1. The number of carbonyl (C=O) groups excluding carboxylic acids is 1. The van der Waals surface area contributed by atoms with Crippen LogP contribution in [0.2, 0.25) is 0 Å². The summed E-state index contributed by atoms with van der Waals surface area (Å²) in [7, 11) is 0. The number of nitrogens with one attached hydrogen (secondary N) is 1. The highest BCUT2D eigenvalue weighted by molar-refractivity contribution is 5.93. The van der Waals surface area contributed by atoms with Crippen molar-refractivity contribution in [3.8, 4) is 0 Å². The first-order valence-corrected chi connectivity index (χ1v) is 6.85. The predicted molar refractivity (Wildman–Crippen MR) is 80.3 cm³/mol. The first-order chi connectivity index (χ1) is 9.93. The van der Waals surface area contributed by atoms with Crippen molar-refractivity contribution in [2.75, 3.05) is 31.6 Å². The van der Waals surface area contributed by atoms with E-state index >= 15 is 0 Å². The number of aliphatic hydroxyl groups is 1. The summed E-state index contributed by atoms with van der Waals surface area (Å²) in [6.45, 7) is 4.35. The Kier molecular flexibility index (Phi) is 6.84. The molecule has 0 heterocycles. The molecule has 1 amide bonds. The Bertz CT molecular complexity index is 502. The van der Waals surface area contributed by atoms with Crippen molar-refractivity contribution in [3.05, 3.63) is 29.3 Å². The van der Waals surface area contributed by atoms with Crippen LogP contribution in [-0.4, -0.2) is 53.2 Å². The van der Waals surface area contributed by atoms with E-state index in [2.05, 4.69) is 5.32 Å². The van der Waals surface area contributed by atoms with Crippen LogP contribution in [-0.2, 0) is 9.59 Å². The van der Waals surface area contributed by atoms with E-state index < -0.39 is 5.97 Å². The first-order valence-electron chi connectivity index (χ1n) is 6.85. The second kappa shape index (κ2) is 8.39. The largest absolute Gasteiger partial charge is 0.481 e. The third-order valence-electron chi connectivity index (χ3n) is 3.30. The molecule has 0 fully saturated rings. The molecular weight excluding hydrogens is 272 g/mol. The van der Waals surface area contributed by atoms with Gasteiger partial charge in [-0.2, -0.15) is 0 Å². The lowest BCUT2D eigenvalue weighted by Gasteiger charge is -2.20. The van der Waals surface area contributed by atoms with Gasteiger partial charge >= 0.3 is 5.97 Å². The van der Waals surface area contributed by atoms with Crippen molar-refractivity contribution in [2.24, 2.45) is 0 Å². The Morgan fingerprint density at radius 1 is 1.24 bits per heavy atom. The summed E-state index contributed by atoms with van der Waals surface area (Å²) in [5, 5.41) is 20.5. The van der Waals surface area contributed by atoms with E-state index in [-0.39, 0.29) is 38.6 Å². The molecule has 116 valence electrons. The summed E-state index contributed by atoms with van der Waals surface area (Å²) in [6, 6.07) is 5.66. The van der Waals surface area contributed by atoms with E-state index in [1.165, 1.54) is 0 Å². The van der Waals surface area contributed by atoms with Crippen molar-refractivity contribution in [1.82, 2.24) is 4.90 Å². The van der Waals surface area contributed by atoms with Crippen LogP contribution >= 0.6 is 0 Å². The number of nitrogens with zero attached hydrogens (tertiary/aromatic N) is 1. The minimum atomic E-state index is -0.923. The molecule has 0 aromatic heterocycles. The number of aliphatic carboxylic acids is 1. The van der Waals surface area contributed by atoms with Gasteiger partial charge in [0.15, 0.2) is 0 Å². The Hall–Kier alpha value is -1.92. The van der Waals surface area contributed by atoms with Crippen LogP contribution in [0.5, 0.6) is 0 Å². The van der Waals surface area contributed by atoms with Crippen molar-refractivity contribution >= 4 is 17.6 Å². The van der Waals surface area contributed by atoms with Gasteiger partial charge in [-0.15, -0.1) is 0 Å². The molecule has 0 saturated carbocycles. The minimum Gasteiger partial charge on any atom is -0.481 e. The average molecular weight is 294 g/mol. The normalized spacial score (nSPS) is 10.7. The highest BCUT2D eigenvalue weighted by atomic mass is 16.4. The van der Waals surface area contributed by atoms with Crippen molar-refractivity contribution in [2.45, 2.75) is 20.3 Å². The van der Waals surface area contributed by atoms with E-state index in [9.17, 15) is 9.59 Å². The molecule has 0 aliphatic carbocycles. The maximum Gasteiger partial charge on any atom is 0.304 e. The molecule has 0 aliphatic rings. The number of carbonyl (C=O) groups is 2. The third kappa shape index (κ3) is 5.93. The molecule has 21 heavy (non-hydrogen) atoms. The van der Waals surface area contributed by atoms with E-state index in [1.807, 2.05) is 32.0 Å². The lowest BCUT2D eigenvalue weighted by Crippen LogP contribution is -2.36. The van der Waals surface area contributed by atoms with Crippen molar-refractivity contribution in [1.29, 1.82) is 0 Å². The number of aliphatic hydroxyl groups excluding tert-OH is 1. The zero-order valence-corrected chi connectivity index (χ0v) is 12.4. The molecule has 1 aromatic rings. The SMILES string of the molecule is Cc1cccc(NC(=O)CN(CCO)CCC(=O)O)c1C. The lowest BCUT2D eigenvalue weighted by atomic mass is 10.1. The van der Waals surface area contributed by atoms with Gasteiger partial charge in [0.1, 0.15) is 0 Å². The molecule has 0 saturated heterocycles. The number of anilines is 1. The maximum atomic E-state index is 12.0. The molecule has 0 aliphatic heterocycles. The number of amides is 1. The van der Waals surface area contributed by atoms with E-state index in [4.69, 9.17) is 10.2 Å². The number of hydrogen-bond donors (Lipinski definition) is 3. The fourth-order valence-corrected chi connectivity index (χ4v) is 1.94. The summed E-state index contributed by atoms with van der Waals surface area (Å²) in [6.07, 6.45) is -0.0588. The van der Waals surface area contributed by atoms with Crippen LogP contribution in [0.1, 0.15) is 17.5 Å². The second-order valence-electron chi connectivity index (χ2n) is 4.94. The lowest BCUT2D eigenvalue weighted by molar-refractivity contribution is -0.137. The second-order valence-corrected chi connectivity index (χ2v) is 4.94. The highest BCUT2D eigenvalue weighted by Gasteiger charge is 2.13. The summed E-state index contributed by atoms with van der Waals surface area (Å²) in [5.74, 6) is -1.14. The standard InChI is InChI=1S/C15H22N2O4/c1-11-4-3-5-13(12(11)2)16-14(19)10-17(8-9-18)7-6-15(20)21/h3-5,18H,6-10H2,1-2H3,(H,16,19)(H,20,21). The highest BCUT2D eigenvalue weighted by Crippen LogP contribution is 2.17. The zero-order chi connectivity index (χ0) is 15.8. The molecule has 6 nitrogen and oxygen atoms in total. The number of aryl methyl sites for hydroxylation is 1. The molecule has 0 atom stereocenters. The van der Waals surface area contributed by atoms with Gasteiger partial charge in [-0.1, -0.05) is 12.1 Å². The van der Waals surface area contributed by atoms with Crippen LogP contribution < -0.4 is 5.32 Å². The first kappa shape index (κ1) is 17.1. The molecule has 3 N–H and O–H groups in total. The smallest absolute Gasteiger partial charge is 0.304 e. The van der Waals surface area contributed by atoms with Crippen LogP contribution in [0.4, 0.5) is 5.69 Å². The fourth-order valence-electron chi connectivity index (χ4n) is 1.94. The quantitative estimate of drug-likeness (QED) is 0.666. The van der Waals surface area contributed by atoms with E-state index in [1.54, 1.807) is 4.90 Å². The van der Waals surface area contributed by atoms with Gasteiger partial charge in [0.2, 0.25) is 5.91 Å². The molecule has 1 aromatic carbocycles. The number of benzene rings is 1. The van der Waals surface area contributed by atoms with Gasteiger partial charge in [-0.3, -0.25) is 14.5 Å². The average Bonchev–Trinajstić information content (AvgIpc) is 2.41. The monoisotopic (exact) mass is 294 g/mol. The van der Waals surface area contributed by atoms with Crippen LogP contribution in [0.15, 0.2) is 18.2 Å². The molecule has 0 unspecified atom stereocenters. The van der Waals surface area contributed by atoms with Gasteiger partial charge in [0.25, 0.3) is 0 Å². The van der Waals surface area contributed by atoms with Gasteiger partial charge in [-0.05, 0) is 31.0 Å². The number of hydrogen-bond acceptors (Lipinski definition) is 4. The summed E-state index contributed by atoms with van der Waals surface area (Å²) < 4.78 is 0. The minimum absolute atomic E-state index is 0.0568. The van der Waals surface area contributed by atoms with Crippen LogP contribution in [0.3, 0.4) is 0 Å². The molecule has 0 spiro atoms. The summed E-state index contributed by atoms with van der Waals surface area (Å²) >= 11 is 0. The maximum absolute atomic E-state index is 12.0. The Morgan fingerprint density at radius 2 is 1.95 bits per heavy atom. The summed E-state index contributed by atoms with van der Waals surface area (Å²) in [5.41, 5.74) is 2.85. The molecular formula is C15H22N2O4. The van der Waals surface area contributed by atoms with Crippen molar-refractivity contribution in [3.63, 3.8) is 0 Å². The van der Waals surface area contributed by atoms with Gasteiger partial charge < -0.3 is 15.5 Å². The Balaban J connectivity index is 2.60. The summed E-state index contributed by atoms with van der Waals surface area (Å²) in [4.78, 5) is 24.2. The predicted octanol–water partition coefficient (Wildman–Crippen LogP) is 1.01. The van der Waals surface area contributed by atoms with Gasteiger partial charge in [-0.25, -0.2) is 0 Å². The van der Waals surface area contributed by atoms with Gasteiger partial charge in [0.05, 0.1) is 19.6 Å². The Morgan fingerprint density at radius 3 is 2.57 bits per heavy atom. The van der Waals surface area contributed by atoms with E-state index in [0.29, 0.717) is 0 Å². The molecule has 0 bridgehead atoms. The molecule has 1 rings (SSSR count). The van der Waals surface area contributed by atoms with Gasteiger partial charge in [0, 0.05) is 18.8 Å². The zero-order valence-electron chi connectivity index (χ0n) is 12.4.